The molecule has 0 bridgehead atoms. The van der Waals surface area contributed by atoms with Crippen molar-refractivity contribution in [3.63, 3.8) is 0 Å². The highest BCUT2D eigenvalue weighted by Crippen LogP contribution is 2.27. The molecule has 1 aliphatic rings. The van der Waals surface area contributed by atoms with Crippen molar-refractivity contribution in [3.8, 4) is 0 Å². The van der Waals surface area contributed by atoms with E-state index in [4.69, 9.17) is 0 Å². The first-order chi connectivity index (χ1) is 12.0. The van der Waals surface area contributed by atoms with Gasteiger partial charge in [-0.3, -0.25) is 14.6 Å². The number of amides is 2. The molecule has 1 aliphatic heterocycles. The smallest absolute Gasteiger partial charge is 0.288 e. The summed E-state index contributed by atoms with van der Waals surface area (Å²) in [7, 11) is 0. The number of rotatable bonds is 8. The molecule has 1 fully saturated rings. The minimum Gasteiger partial charge on any atom is -0.326 e. The van der Waals surface area contributed by atoms with Crippen molar-refractivity contribution < 1.29 is 18.4 Å². The highest BCUT2D eigenvalue weighted by atomic mass is 32.2. The molecule has 2 rings (SSSR count). The van der Waals surface area contributed by atoms with Gasteiger partial charge in [-0.2, -0.15) is 8.78 Å². The Kier molecular flexibility index (Phi) is 7.70. The van der Waals surface area contributed by atoms with Gasteiger partial charge >= 0.3 is 0 Å². The van der Waals surface area contributed by atoms with Crippen molar-refractivity contribution in [3.05, 3.63) is 24.3 Å². The van der Waals surface area contributed by atoms with E-state index in [9.17, 15) is 18.4 Å². The van der Waals surface area contributed by atoms with Gasteiger partial charge in [0.15, 0.2) is 5.17 Å². The summed E-state index contributed by atoms with van der Waals surface area (Å²) in [6, 6.07) is 6.15. The molecule has 1 saturated heterocycles. The standard InChI is InChI=1S/C16H19F2N3O2S2/c1-2-3-8-19-16-21-14(23)12(25-16)9-13(22)20-10-4-6-11(7-5-10)24-15(17)18/h4-7,12,15H,2-3,8-9H2,1H3,(H,20,22)(H,19,21,23)/t12-/m0/s1. The number of anilines is 1. The number of alkyl halides is 2. The van der Waals surface area contributed by atoms with E-state index in [1.54, 1.807) is 12.1 Å². The fraction of sp³-hybridized carbons (Fsp3) is 0.438. The SMILES string of the molecule is CCCCN=C1NC(=O)[C@H](CC(=O)Nc2ccc(SC(F)F)cc2)S1. The van der Waals surface area contributed by atoms with Crippen LogP contribution in [0.3, 0.4) is 0 Å². The van der Waals surface area contributed by atoms with Crippen molar-refractivity contribution in [2.75, 3.05) is 11.9 Å². The summed E-state index contributed by atoms with van der Waals surface area (Å²) in [5.74, 6) is -3.01. The Balaban J connectivity index is 1.83. The lowest BCUT2D eigenvalue weighted by atomic mass is 10.2. The molecular formula is C16H19F2N3O2S2. The number of aliphatic imine (C=N–C) groups is 1. The van der Waals surface area contributed by atoms with Gasteiger partial charge in [-0.05, 0) is 30.7 Å². The van der Waals surface area contributed by atoms with Crippen LogP contribution in [0.5, 0.6) is 0 Å². The van der Waals surface area contributed by atoms with Gasteiger partial charge in [0.25, 0.3) is 5.76 Å². The van der Waals surface area contributed by atoms with Crippen molar-refractivity contribution in [1.82, 2.24) is 5.32 Å². The molecule has 0 radical (unpaired) electrons. The summed E-state index contributed by atoms with van der Waals surface area (Å²) in [5, 5.41) is 5.40. The first-order valence-corrected chi connectivity index (χ1v) is 9.60. The fourth-order valence-corrected chi connectivity index (χ4v) is 3.55. The number of carbonyl (C=O) groups excluding carboxylic acids is 2. The van der Waals surface area contributed by atoms with E-state index in [1.165, 1.54) is 23.9 Å². The van der Waals surface area contributed by atoms with Gasteiger partial charge in [-0.25, -0.2) is 0 Å². The molecule has 25 heavy (non-hydrogen) atoms. The topological polar surface area (TPSA) is 70.6 Å². The van der Waals surface area contributed by atoms with E-state index in [0.717, 1.165) is 12.8 Å². The molecule has 0 unspecified atom stereocenters. The molecule has 2 N–H and O–H groups in total. The number of benzene rings is 1. The largest absolute Gasteiger partial charge is 0.326 e. The average Bonchev–Trinajstić information content (AvgIpc) is 2.89. The number of nitrogens with zero attached hydrogens (tertiary/aromatic N) is 1. The fourth-order valence-electron chi connectivity index (χ4n) is 2.05. The zero-order valence-corrected chi connectivity index (χ0v) is 15.3. The molecule has 1 heterocycles. The summed E-state index contributed by atoms with van der Waals surface area (Å²) in [5.41, 5.74) is 0.504. The summed E-state index contributed by atoms with van der Waals surface area (Å²) in [6.45, 7) is 2.72. The first kappa shape index (κ1) is 19.7. The summed E-state index contributed by atoms with van der Waals surface area (Å²) in [6.07, 6.45) is 2.00. The molecule has 0 aliphatic carbocycles. The molecular weight excluding hydrogens is 368 g/mol. The van der Waals surface area contributed by atoms with Crippen LogP contribution in [0.25, 0.3) is 0 Å². The molecule has 1 atom stereocenters. The lowest BCUT2D eigenvalue weighted by Crippen LogP contribution is -2.28. The maximum Gasteiger partial charge on any atom is 0.288 e. The first-order valence-electron chi connectivity index (χ1n) is 7.84. The Bertz CT molecular complexity index is 639. The Morgan fingerprint density at radius 3 is 2.76 bits per heavy atom. The minimum atomic E-state index is -2.48. The maximum atomic E-state index is 12.3. The Labute approximate surface area is 153 Å². The van der Waals surface area contributed by atoms with Crippen molar-refractivity contribution in [2.45, 2.75) is 42.1 Å². The molecule has 9 heteroatoms. The molecule has 1 aromatic carbocycles. The number of thioether (sulfide) groups is 2. The highest BCUT2D eigenvalue weighted by Gasteiger charge is 2.31. The lowest BCUT2D eigenvalue weighted by Gasteiger charge is -2.08. The van der Waals surface area contributed by atoms with E-state index in [2.05, 4.69) is 22.5 Å². The molecule has 0 spiro atoms. The van der Waals surface area contributed by atoms with Crippen molar-refractivity contribution >= 4 is 46.2 Å². The zero-order chi connectivity index (χ0) is 18.2. The van der Waals surface area contributed by atoms with Crippen LogP contribution in [0, 0.1) is 0 Å². The zero-order valence-electron chi connectivity index (χ0n) is 13.6. The van der Waals surface area contributed by atoms with Crippen LogP contribution in [0.4, 0.5) is 14.5 Å². The molecule has 1 aromatic rings. The average molecular weight is 387 g/mol. The Morgan fingerprint density at radius 1 is 1.40 bits per heavy atom. The van der Waals surface area contributed by atoms with Crippen LogP contribution in [0.15, 0.2) is 34.2 Å². The molecule has 5 nitrogen and oxygen atoms in total. The molecule has 0 saturated carbocycles. The van der Waals surface area contributed by atoms with Gasteiger partial charge in [0.05, 0.1) is 0 Å². The Morgan fingerprint density at radius 2 is 2.12 bits per heavy atom. The highest BCUT2D eigenvalue weighted by molar-refractivity contribution is 8.15. The van der Waals surface area contributed by atoms with Crippen LogP contribution < -0.4 is 10.6 Å². The van der Waals surface area contributed by atoms with Crippen molar-refractivity contribution in [1.29, 1.82) is 0 Å². The predicted octanol–water partition coefficient (Wildman–Crippen LogP) is 3.72. The van der Waals surface area contributed by atoms with Crippen LogP contribution in [-0.2, 0) is 9.59 Å². The predicted molar refractivity (Wildman–Crippen MR) is 98.3 cm³/mol. The number of hydrogen-bond acceptors (Lipinski definition) is 5. The number of hydrogen-bond donors (Lipinski definition) is 2. The van der Waals surface area contributed by atoms with Gasteiger partial charge in [0, 0.05) is 23.5 Å². The van der Waals surface area contributed by atoms with E-state index >= 15 is 0 Å². The number of amidine groups is 1. The number of nitrogens with one attached hydrogen (secondary N) is 2. The Hall–Kier alpha value is -1.61. The summed E-state index contributed by atoms with van der Waals surface area (Å²) < 4.78 is 24.5. The number of halogens is 2. The van der Waals surface area contributed by atoms with Crippen LogP contribution in [0.2, 0.25) is 0 Å². The van der Waals surface area contributed by atoms with Gasteiger partial charge in [0.2, 0.25) is 11.8 Å². The van der Waals surface area contributed by atoms with E-state index in [0.29, 0.717) is 34.1 Å². The normalized spacial score (nSPS) is 18.6. The van der Waals surface area contributed by atoms with Crippen LogP contribution in [-0.4, -0.2) is 34.5 Å². The van der Waals surface area contributed by atoms with Crippen LogP contribution >= 0.6 is 23.5 Å². The number of carbonyl (C=O) groups is 2. The molecule has 2 amide bonds. The second-order valence-corrected chi connectivity index (χ2v) is 7.55. The third-order valence-corrected chi connectivity index (χ3v) is 5.12. The maximum absolute atomic E-state index is 12.3. The van der Waals surface area contributed by atoms with Gasteiger partial charge < -0.3 is 10.6 Å². The van der Waals surface area contributed by atoms with E-state index in [-0.39, 0.29) is 18.2 Å². The summed E-state index contributed by atoms with van der Waals surface area (Å²) >= 11 is 1.70. The number of unbranched alkanes of at least 4 members (excludes halogenated alkanes) is 1. The lowest BCUT2D eigenvalue weighted by molar-refractivity contribution is -0.122. The third kappa shape index (κ3) is 6.66. The van der Waals surface area contributed by atoms with Gasteiger partial charge in [-0.15, -0.1) is 0 Å². The monoisotopic (exact) mass is 387 g/mol. The second kappa shape index (κ2) is 9.76. The molecule has 136 valence electrons. The second-order valence-electron chi connectivity index (χ2n) is 5.29. The van der Waals surface area contributed by atoms with Crippen LogP contribution in [0.1, 0.15) is 26.2 Å². The van der Waals surface area contributed by atoms with Gasteiger partial charge in [-0.1, -0.05) is 36.9 Å². The van der Waals surface area contributed by atoms with Gasteiger partial charge in [0.1, 0.15) is 5.25 Å². The van der Waals surface area contributed by atoms with Crippen molar-refractivity contribution in [2.24, 2.45) is 4.99 Å². The quantitative estimate of drug-likeness (QED) is 0.527. The van der Waals surface area contributed by atoms with E-state index in [1.807, 2.05) is 0 Å². The van der Waals surface area contributed by atoms with E-state index < -0.39 is 11.0 Å². The molecule has 0 aromatic heterocycles. The third-order valence-electron chi connectivity index (χ3n) is 3.28. The minimum absolute atomic E-state index is 0.0246. The summed E-state index contributed by atoms with van der Waals surface area (Å²) in [4.78, 5) is 28.7.